The van der Waals surface area contributed by atoms with E-state index in [1.54, 1.807) is 20.4 Å². The summed E-state index contributed by atoms with van der Waals surface area (Å²) in [5.74, 6) is -6.73. The van der Waals surface area contributed by atoms with E-state index in [2.05, 4.69) is 5.32 Å². The summed E-state index contributed by atoms with van der Waals surface area (Å²) >= 11 is 0. The largest absolute Gasteiger partial charge is 0.510 e. The van der Waals surface area contributed by atoms with E-state index in [4.69, 9.17) is 10.5 Å². The Bertz CT molecular complexity index is 1570. The Kier molecular flexibility index (Phi) is 6.81. The lowest BCUT2D eigenvalue weighted by Gasteiger charge is -2.50. The molecule has 0 aromatic heterocycles. The van der Waals surface area contributed by atoms with Crippen LogP contribution in [-0.2, 0) is 20.7 Å². The molecule has 5 atom stereocenters. The quantitative estimate of drug-likeness (QED) is 0.215. The molecule has 6 rings (SSSR count). The lowest BCUT2D eigenvalue weighted by molar-refractivity contribution is -0.148. The van der Waals surface area contributed by atoms with Crippen molar-refractivity contribution in [2.45, 2.75) is 43.4 Å². The summed E-state index contributed by atoms with van der Waals surface area (Å²) in [7, 11) is 5.17. The number of rotatable bonds is 5. The average molecular weight is 593 g/mol. The van der Waals surface area contributed by atoms with E-state index in [0.717, 1.165) is 24.1 Å². The van der Waals surface area contributed by atoms with E-state index in [1.165, 1.54) is 4.90 Å². The molecule has 0 fully saturated rings. The lowest BCUT2D eigenvalue weighted by Crippen LogP contribution is -2.63. The second-order valence-corrected chi connectivity index (χ2v) is 12.3. The average Bonchev–Trinajstić information content (AvgIpc) is 3.48. The molecule has 0 bridgehead atoms. The number of fused-ring (bicyclic) bond motifs is 3. The van der Waals surface area contributed by atoms with Crippen LogP contribution in [0, 0.1) is 11.8 Å². The molecule has 7 N–H and O–H groups in total. The number of hydrogen-bond acceptors (Lipinski definition) is 11. The number of nitrogens with zero attached hydrogens (tertiary/aromatic N) is 2. The van der Waals surface area contributed by atoms with Gasteiger partial charge in [0, 0.05) is 37.5 Å². The van der Waals surface area contributed by atoms with Crippen LogP contribution in [0.2, 0.25) is 0 Å². The molecule has 0 radical (unpaired) electrons. The predicted octanol–water partition coefficient (Wildman–Crippen LogP) is 1.51. The van der Waals surface area contributed by atoms with Crippen LogP contribution in [0.15, 0.2) is 47.3 Å². The molecule has 1 aromatic carbocycles. The van der Waals surface area contributed by atoms with Crippen LogP contribution in [0.5, 0.6) is 5.75 Å². The maximum absolute atomic E-state index is 14.3. The molecule has 43 heavy (non-hydrogen) atoms. The highest BCUT2D eigenvalue weighted by atomic mass is 16.5. The Hall–Kier alpha value is -4.29. The number of carbonyl (C=O) groups is 3. The van der Waals surface area contributed by atoms with Crippen molar-refractivity contribution in [2.75, 3.05) is 39.6 Å². The van der Waals surface area contributed by atoms with Crippen LogP contribution in [-0.4, -0.2) is 99.7 Å². The van der Waals surface area contributed by atoms with Gasteiger partial charge in [-0.2, -0.15) is 0 Å². The number of carbonyl (C=O) groups excluding carboxylic acids is 3. The predicted molar refractivity (Wildman–Crippen MR) is 156 cm³/mol. The minimum Gasteiger partial charge on any atom is -0.510 e. The number of allylic oxidation sites excluding steroid dienone is 1. The molecular formula is C31H36N4O8. The number of ether oxygens (including phenoxy) is 1. The Balaban J connectivity index is 1.52. The SMILES string of the molecule is CN1C=CC(Nc2cc(C3=COCC3)c3c(c2O)C(=O)C2=C(O)[C@]4(O)C(=O)C(C(N)=O)=C(O)[C@@H](N(C)C)[C@@H]4C[C@@H]2C3)CC1. The number of amides is 1. The van der Waals surface area contributed by atoms with Gasteiger partial charge in [0.2, 0.25) is 5.78 Å². The van der Waals surface area contributed by atoms with Gasteiger partial charge in [-0.25, -0.2) is 0 Å². The van der Waals surface area contributed by atoms with Crippen molar-refractivity contribution in [1.29, 1.82) is 0 Å². The number of likely N-dealkylation sites (N-methyl/N-ethyl adjacent to an activating group) is 1. The van der Waals surface area contributed by atoms with Gasteiger partial charge in [-0.05, 0) is 74.3 Å². The van der Waals surface area contributed by atoms with E-state index < -0.39 is 58.0 Å². The van der Waals surface area contributed by atoms with Crippen LogP contribution in [0.1, 0.15) is 40.7 Å². The lowest BCUT2D eigenvalue weighted by atomic mass is 9.58. The van der Waals surface area contributed by atoms with Crippen molar-refractivity contribution in [3.05, 3.63) is 64.0 Å². The van der Waals surface area contributed by atoms with Crippen molar-refractivity contribution >= 4 is 28.7 Å². The van der Waals surface area contributed by atoms with E-state index in [0.29, 0.717) is 24.3 Å². The maximum atomic E-state index is 14.3. The Labute approximate surface area is 248 Å². The van der Waals surface area contributed by atoms with Gasteiger partial charge in [-0.3, -0.25) is 19.3 Å². The van der Waals surface area contributed by atoms with Gasteiger partial charge in [-0.15, -0.1) is 0 Å². The first-order valence-electron chi connectivity index (χ1n) is 14.4. The smallest absolute Gasteiger partial charge is 0.255 e. The number of aliphatic hydroxyl groups is 3. The molecule has 0 saturated heterocycles. The highest BCUT2D eigenvalue weighted by Gasteiger charge is 2.63. The third-order valence-corrected chi connectivity index (χ3v) is 9.49. The van der Waals surface area contributed by atoms with Crippen molar-refractivity contribution in [3.8, 4) is 5.75 Å². The van der Waals surface area contributed by atoms with Crippen LogP contribution >= 0.6 is 0 Å². The molecule has 0 saturated carbocycles. The fourth-order valence-electron chi connectivity index (χ4n) is 7.38. The fourth-order valence-corrected chi connectivity index (χ4v) is 7.38. The second kappa shape index (κ2) is 10.2. The molecule has 1 amide bonds. The summed E-state index contributed by atoms with van der Waals surface area (Å²) in [5, 5.41) is 49.3. The third-order valence-electron chi connectivity index (χ3n) is 9.49. The van der Waals surface area contributed by atoms with E-state index in [9.17, 15) is 34.8 Å². The second-order valence-electron chi connectivity index (χ2n) is 12.3. The molecule has 2 aliphatic heterocycles. The minimum atomic E-state index is -2.68. The van der Waals surface area contributed by atoms with Crippen molar-refractivity contribution in [3.63, 3.8) is 0 Å². The number of phenolic OH excluding ortho intramolecular Hbond substituents is 1. The standard InChI is InChI=1S/C31H36N4O8/c1-34(2)24-19-11-15-10-18-17(14-6-9-43-13-14)12-20(33-16-4-7-35(3)8-5-16)25(36)22(18)26(37)21(15)28(39)31(19,42)29(40)23(27(24)38)30(32)41/h4,7,12-13,15-16,19,24,33,36,38-39,42H,5-6,8-11H2,1-3H3,(H2,32,41)/t15-,16?,19-,24-,31-/m0/s1. The third kappa shape index (κ3) is 4.22. The number of Topliss-reactive ketones (excluding diaryl/α,β-unsaturated/α-hetero) is 2. The number of anilines is 1. The van der Waals surface area contributed by atoms with E-state index in [-0.39, 0.29) is 35.8 Å². The molecule has 12 heteroatoms. The summed E-state index contributed by atoms with van der Waals surface area (Å²) in [5.41, 5.74) is 4.22. The zero-order valence-electron chi connectivity index (χ0n) is 24.3. The summed E-state index contributed by atoms with van der Waals surface area (Å²) in [6.45, 7) is 1.27. The monoisotopic (exact) mass is 592 g/mol. The summed E-state index contributed by atoms with van der Waals surface area (Å²) < 4.78 is 5.52. The van der Waals surface area contributed by atoms with Gasteiger partial charge >= 0.3 is 0 Å². The Morgan fingerprint density at radius 3 is 2.58 bits per heavy atom. The topological polar surface area (TPSA) is 186 Å². The van der Waals surface area contributed by atoms with E-state index >= 15 is 0 Å². The first kappa shape index (κ1) is 28.8. The number of aliphatic hydroxyl groups excluding tert-OH is 2. The van der Waals surface area contributed by atoms with Crippen LogP contribution in [0.4, 0.5) is 5.69 Å². The normalized spacial score (nSPS) is 30.2. The summed E-state index contributed by atoms with van der Waals surface area (Å²) in [4.78, 5) is 43.6. The van der Waals surface area contributed by atoms with Gasteiger partial charge in [-0.1, -0.05) is 0 Å². The Morgan fingerprint density at radius 2 is 1.98 bits per heavy atom. The van der Waals surface area contributed by atoms with Gasteiger partial charge in [0.15, 0.2) is 11.4 Å². The molecule has 228 valence electrons. The zero-order valence-corrected chi connectivity index (χ0v) is 24.3. The summed E-state index contributed by atoms with van der Waals surface area (Å²) in [6, 6.07) is 0.674. The van der Waals surface area contributed by atoms with Crippen molar-refractivity contribution in [2.24, 2.45) is 17.6 Å². The molecule has 5 aliphatic rings. The van der Waals surface area contributed by atoms with Gasteiger partial charge in [0.05, 0.1) is 30.2 Å². The zero-order chi connectivity index (χ0) is 31.0. The van der Waals surface area contributed by atoms with Gasteiger partial charge < -0.3 is 41.1 Å². The molecular weight excluding hydrogens is 556 g/mol. The highest BCUT2D eigenvalue weighted by Crippen LogP contribution is 2.54. The number of hydrogen-bond donors (Lipinski definition) is 6. The number of primary amides is 1. The number of phenols is 1. The van der Waals surface area contributed by atoms with Crippen LogP contribution < -0.4 is 11.1 Å². The van der Waals surface area contributed by atoms with Crippen molar-refractivity contribution in [1.82, 2.24) is 9.80 Å². The van der Waals surface area contributed by atoms with Gasteiger partial charge in [0.1, 0.15) is 22.8 Å². The molecule has 1 unspecified atom stereocenters. The highest BCUT2D eigenvalue weighted by molar-refractivity contribution is 6.25. The van der Waals surface area contributed by atoms with Crippen molar-refractivity contribution < 1.29 is 39.5 Å². The number of nitrogens with one attached hydrogen (secondary N) is 1. The van der Waals surface area contributed by atoms with Gasteiger partial charge in [0.25, 0.3) is 5.91 Å². The molecule has 0 spiro atoms. The van der Waals surface area contributed by atoms with E-state index in [1.807, 2.05) is 30.3 Å². The first-order valence-corrected chi connectivity index (χ1v) is 14.4. The molecule has 12 nitrogen and oxygen atoms in total. The molecule has 1 aromatic rings. The molecule has 3 aliphatic carbocycles. The summed E-state index contributed by atoms with van der Waals surface area (Å²) in [6.07, 6.45) is 7.17. The molecule has 2 heterocycles. The fraction of sp³-hybridized carbons (Fsp3) is 0.452. The maximum Gasteiger partial charge on any atom is 0.255 e. The Morgan fingerprint density at radius 1 is 1.23 bits per heavy atom. The number of nitrogens with two attached hydrogens (primary N) is 1. The van der Waals surface area contributed by atoms with Crippen LogP contribution in [0.3, 0.4) is 0 Å². The number of ketones is 2. The number of benzene rings is 1. The first-order chi connectivity index (χ1) is 20.4. The van der Waals surface area contributed by atoms with Crippen LogP contribution in [0.25, 0.3) is 5.57 Å². The minimum absolute atomic E-state index is 0.0227. The number of aromatic hydroxyl groups is 1.